The van der Waals surface area contributed by atoms with Crippen LogP contribution in [-0.4, -0.2) is 49.6 Å². The van der Waals surface area contributed by atoms with Crippen molar-refractivity contribution in [3.63, 3.8) is 0 Å². The number of nitrogens with one attached hydrogen (secondary N) is 1. The molecule has 0 radical (unpaired) electrons. The number of unbranched alkanes of at least 4 members (excludes halogenated alkanes) is 1. The van der Waals surface area contributed by atoms with Crippen LogP contribution < -0.4 is 5.32 Å². The Hall–Kier alpha value is -0.650. The molecule has 1 unspecified atom stereocenters. The minimum Gasteiger partial charge on any atom is -0.462 e. The topological polar surface area (TPSA) is 67.8 Å². The molecule has 0 spiro atoms. The maximum absolute atomic E-state index is 11.4. The summed E-state index contributed by atoms with van der Waals surface area (Å²) in [5.41, 5.74) is 0. The Morgan fingerprint density at radius 2 is 2.25 bits per heavy atom. The Kier molecular flexibility index (Phi) is 6.37. The average molecular weight is 231 g/mol. The van der Waals surface area contributed by atoms with Gasteiger partial charge in [-0.1, -0.05) is 13.3 Å². The fourth-order valence-corrected chi connectivity index (χ4v) is 1.55. The Morgan fingerprint density at radius 3 is 2.88 bits per heavy atom. The third-order valence-electron chi connectivity index (χ3n) is 2.51. The Bertz CT molecular complexity index is 210. The molecule has 1 aliphatic heterocycles. The summed E-state index contributed by atoms with van der Waals surface area (Å²) < 4.78 is 10.3. The van der Waals surface area contributed by atoms with Gasteiger partial charge in [-0.05, 0) is 6.42 Å². The van der Waals surface area contributed by atoms with Crippen LogP contribution >= 0.6 is 0 Å². The molecule has 94 valence electrons. The molecule has 1 heterocycles. The van der Waals surface area contributed by atoms with E-state index in [0.717, 1.165) is 12.8 Å². The highest BCUT2D eigenvalue weighted by atomic mass is 16.6. The number of rotatable bonds is 7. The van der Waals surface area contributed by atoms with E-state index in [1.54, 1.807) is 0 Å². The van der Waals surface area contributed by atoms with E-state index in [0.29, 0.717) is 26.2 Å². The van der Waals surface area contributed by atoms with Crippen LogP contribution in [0.15, 0.2) is 0 Å². The first-order chi connectivity index (χ1) is 7.74. The van der Waals surface area contributed by atoms with Gasteiger partial charge in [-0.25, -0.2) is 0 Å². The van der Waals surface area contributed by atoms with Crippen molar-refractivity contribution in [3.05, 3.63) is 0 Å². The first-order valence-corrected chi connectivity index (χ1v) is 5.90. The highest BCUT2D eigenvalue weighted by Crippen LogP contribution is 2.07. The zero-order valence-corrected chi connectivity index (χ0v) is 9.78. The van der Waals surface area contributed by atoms with Crippen LogP contribution in [0.25, 0.3) is 0 Å². The summed E-state index contributed by atoms with van der Waals surface area (Å²) >= 11 is 0. The van der Waals surface area contributed by atoms with Crippen molar-refractivity contribution in [2.24, 2.45) is 0 Å². The van der Waals surface area contributed by atoms with Crippen molar-refractivity contribution in [1.82, 2.24) is 5.32 Å². The number of aliphatic hydroxyl groups excluding tert-OH is 1. The van der Waals surface area contributed by atoms with Gasteiger partial charge in [0, 0.05) is 19.6 Å². The summed E-state index contributed by atoms with van der Waals surface area (Å²) in [7, 11) is 0. The van der Waals surface area contributed by atoms with E-state index in [9.17, 15) is 9.90 Å². The van der Waals surface area contributed by atoms with Crippen LogP contribution in [0.2, 0.25) is 0 Å². The van der Waals surface area contributed by atoms with Gasteiger partial charge in [0.05, 0.1) is 12.7 Å². The molecule has 1 fully saturated rings. The van der Waals surface area contributed by atoms with Gasteiger partial charge in [0.1, 0.15) is 12.6 Å². The molecular formula is C11H21NO4. The molecule has 5 heteroatoms. The number of aliphatic hydroxyl groups is 1. The van der Waals surface area contributed by atoms with Gasteiger partial charge in [0.25, 0.3) is 0 Å². The maximum atomic E-state index is 11.4. The number of esters is 1. The fourth-order valence-electron chi connectivity index (χ4n) is 1.55. The molecule has 0 bridgehead atoms. The predicted octanol–water partition coefficient (Wildman–Crippen LogP) is 0.0691. The van der Waals surface area contributed by atoms with Gasteiger partial charge >= 0.3 is 5.97 Å². The van der Waals surface area contributed by atoms with E-state index < -0.39 is 6.10 Å². The zero-order valence-electron chi connectivity index (χ0n) is 9.78. The number of carbonyl (C=O) groups is 1. The second-order valence-electron chi connectivity index (χ2n) is 3.98. The van der Waals surface area contributed by atoms with E-state index in [2.05, 4.69) is 12.2 Å². The largest absolute Gasteiger partial charge is 0.462 e. The molecule has 2 N–H and O–H groups in total. The smallest absolute Gasteiger partial charge is 0.323 e. The number of β-amino-alcohol motifs (C(OH)–C–C–N with tert-alkyl or cyclic N) is 1. The molecule has 1 aliphatic rings. The summed E-state index contributed by atoms with van der Waals surface area (Å²) in [5, 5.41) is 12.1. The summed E-state index contributed by atoms with van der Waals surface area (Å²) in [6.45, 7) is 4.01. The third kappa shape index (κ3) is 4.92. The average Bonchev–Trinajstić information content (AvgIpc) is 2.70. The molecule has 2 atom stereocenters. The van der Waals surface area contributed by atoms with Crippen LogP contribution in [-0.2, 0) is 14.3 Å². The lowest BCUT2D eigenvalue weighted by Gasteiger charge is -2.10. The molecule has 5 nitrogen and oxygen atoms in total. The minimum absolute atomic E-state index is 0.289. The van der Waals surface area contributed by atoms with Gasteiger partial charge in [-0.2, -0.15) is 0 Å². The highest BCUT2D eigenvalue weighted by Gasteiger charge is 2.28. The van der Waals surface area contributed by atoms with E-state index in [1.165, 1.54) is 0 Å². The molecular weight excluding hydrogens is 210 g/mol. The second-order valence-corrected chi connectivity index (χ2v) is 3.98. The van der Waals surface area contributed by atoms with Gasteiger partial charge in [-0.15, -0.1) is 0 Å². The molecule has 1 saturated heterocycles. The lowest BCUT2D eigenvalue weighted by molar-refractivity contribution is -0.147. The van der Waals surface area contributed by atoms with E-state index in [1.807, 2.05) is 0 Å². The van der Waals surface area contributed by atoms with E-state index in [4.69, 9.17) is 9.47 Å². The number of hydrogen-bond acceptors (Lipinski definition) is 5. The van der Waals surface area contributed by atoms with Crippen LogP contribution in [0.3, 0.4) is 0 Å². The standard InChI is InChI=1S/C11H21NO4/c1-2-3-4-15-5-6-16-11(14)10-7-9(13)8-12-10/h9-10,12-13H,2-8H2,1H3/t9?,10-/m0/s1. The lowest BCUT2D eigenvalue weighted by Crippen LogP contribution is -2.33. The van der Waals surface area contributed by atoms with Crippen LogP contribution in [0, 0.1) is 0 Å². The summed E-state index contributed by atoms with van der Waals surface area (Å²) in [6, 6.07) is -0.356. The molecule has 0 aromatic carbocycles. The van der Waals surface area contributed by atoms with E-state index >= 15 is 0 Å². The highest BCUT2D eigenvalue weighted by molar-refractivity contribution is 5.76. The first kappa shape index (κ1) is 13.4. The molecule has 1 rings (SSSR count). The second kappa shape index (κ2) is 7.60. The summed E-state index contributed by atoms with van der Waals surface area (Å²) in [6.07, 6.45) is 2.14. The quantitative estimate of drug-likeness (QED) is 0.479. The number of hydrogen-bond donors (Lipinski definition) is 2. The van der Waals surface area contributed by atoms with Gasteiger partial charge in [0.2, 0.25) is 0 Å². The van der Waals surface area contributed by atoms with Crippen molar-refractivity contribution in [1.29, 1.82) is 0 Å². The molecule has 0 saturated carbocycles. The Morgan fingerprint density at radius 1 is 1.44 bits per heavy atom. The van der Waals surface area contributed by atoms with Crippen LogP contribution in [0.5, 0.6) is 0 Å². The zero-order chi connectivity index (χ0) is 11.8. The summed E-state index contributed by atoms with van der Waals surface area (Å²) in [4.78, 5) is 11.4. The number of ether oxygens (including phenoxy) is 2. The normalized spacial score (nSPS) is 24.6. The number of carbonyl (C=O) groups excluding carboxylic acids is 1. The Labute approximate surface area is 96.1 Å². The van der Waals surface area contributed by atoms with Crippen molar-refractivity contribution in [2.75, 3.05) is 26.4 Å². The molecule has 0 amide bonds. The predicted molar refractivity (Wildman–Crippen MR) is 59.1 cm³/mol. The monoisotopic (exact) mass is 231 g/mol. The van der Waals surface area contributed by atoms with Crippen molar-refractivity contribution < 1.29 is 19.4 Å². The Balaban J connectivity index is 1.98. The maximum Gasteiger partial charge on any atom is 0.323 e. The molecule has 0 aliphatic carbocycles. The molecule has 0 aromatic heterocycles. The fraction of sp³-hybridized carbons (Fsp3) is 0.909. The molecule has 0 aromatic rings. The van der Waals surface area contributed by atoms with Crippen molar-refractivity contribution in [3.8, 4) is 0 Å². The summed E-state index contributed by atoms with van der Waals surface area (Å²) in [5.74, 6) is -0.296. The van der Waals surface area contributed by atoms with Crippen LogP contribution in [0.1, 0.15) is 26.2 Å². The van der Waals surface area contributed by atoms with Crippen LogP contribution in [0.4, 0.5) is 0 Å². The first-order valence-electron chi connectivity index (χ1n) is 5.90. The van der Waals surface area contributed by atoms with Gasteiger partial charge in [0.15, 0.2) is 0 Å². The third-order valence-corrected chi connectivity index (χ3v) is 2.51. The van der Waals surface area contributed by atoms with Crippen molar-refractivity contribution in [2.45, 2.75) is 38.3 Å². The van der Waals surface area contributed by atoms with E-state index in [-0.39, 0.29) is 18.6 Å². The lowest BCUT2D eigenvalue weighted by atomic mass is 10.2. The van der Waals surface area contributed by atoms with Crippen molar-refractivity contribution >= 4 is 5.97 Å². The minimum atomic E-state index is -0.432. The van der Waals surface area contributed by atoms with Gasteiger partial charge in [-0.3, -0.25) is 4.79 Å². The molecule has 16 heavy (non-hydrogen) atoms. The van der Waals surface area contributed by atoms with Gasteiger partial charge < -0.3 is 19.9 Å². The SMILES string of the molecule is CCCCOCCOC(=O)[C@@H]1CC(O)CN1.